The number of nitrogens with zero attached hydrogens (tertiary/aromatic N) is 1. The van der Waals surface area contributed by atoms with Crippen LogP contribution in [0.25, 0.3) is 0 Å². The number of rotatable bonds is 7. The smallest absolute Gasteiger partial charge is 0.410 e. The minimum atomic E-state index is -0.716. The van der Waals surface area contributed by atoms with Gasteiger partial charge < -0.3 is 15.8 Å². The molecule has 0 unspecified atom stereocenters. The summed E-state index contributed by atoms with van der Waals surface area (Å²) in [4.78, 5) is 34.9. The summed E-state index contributed by atoms with van der Waals surface area (Å²) in [6.07, 6.45) is -0.0348. The first kappa shape index (κ1) is 17.5. The highest BCUT2D eigenvalue weighted by molar-refractivity contribution is 5.84. The molecule has 0 fully saturated rings. The number of carbonyl (C=O) groups is 3. The molecule has 3 N–H and O–H groups in total. The lowest BCUT2D eigenvalue weighted by Crippen LogP contribution is -2.48. The first-order chi connectivity index (χ1) is 10.4. The van der Waals surface area contributed by atoms with Gasteiger partial charge in [-0.1, -0.05) is 26.0 Å². The van der Waals surface area contributed by atoms with Crippen LogP contribution >= 0.6 is 0 Å². The average Bonchev–Trinajstić information content (AvgIpc) is 2.45. The van der Waals surface area contributed by atoms with Crippen LogP contribution in [0.2, 0.25) is 0 Å². The summed E-state index contributed by atoms with van der Waals surface area (Å²) in [6.45, 7) is 3.67. The van der Waals surface area contributed by atoms with Crippen LogP contribution in [-0.4, -0.2) is 36.4 Å². The topological polar surface area (TPSA) is 102 Å². The SMILES string of the molecule is CC(C)[C@@H](C(N)=O)N(C)C(=O)OCc1ccc(NC=O)cc1. The Bertz CT molecular complexity index is 528. The van der Waals surface area contributed by atoms with Crippen LogP contribution in [-0.2, 0) is 20.9 Å². The summed E-state index contributed by atoms with van der Waals surface area (Å²) in [5.74, 6) is -0.678. The summed E-state index contributed by atoms with van der Waals surface area (Å²) < 4.78 is 5.16. The second kappa shape index (κ2) is 8.02. The summed E-state index contributed by atoms with van der Waals surface area (Å²) in [7, 11) is 1.48. The standard InChI is InChI=1S/C15H21N3O4/c1-10(2)13(14(16)20)18(3)15(21)22-8-11-4-6-12(7-5-11)17-9-19/h4-7,9-10,13H,8H2,1-3H3,(H2,16,20)(H,17,19)/t13-/m0/s1. The van der Waals surface area contributed by atoms with Gasteiger partial charge in [-0.25, -0.2) is 4.79 Å². The molecule has 120 valence electrons. The lowest BCUT2D eigenvalue weighted by atomic mass is 10.0. The van der Waals surface area contributed by atoms with Crippen LogP contribution in [0.1, 0.15) is 19.4 Å². The highest BCUT2D eigenvalue weighted by Gasteiger charge is 2.28. The lowest BCUT2D eigenvalue weighted by Gasteiger charge is -2.27. The zero-order valence-corrected chi connectivity index (χ0v) is 12.9. The maximum absolute atomic E-state index is 12.0. The molecule has 0 aliphatic carbocycles. The largest absolute Gasteiger partial charge is 0.445 e. The van der Waals surface area contributed by atoms with Gasteiger partial charge >= 0.3 is 6.09 Å². The summed E-state index contributed by atoms with van der Waals surface area (Å²) in [5, 5.41) is 2.51. The Morgan fingerprint density at radius 3 is 2.36 bits per heavy atom. The van der Waals surface area contributed by atoms with E-state index in [9.17, 15) is 14.4 Å². The van der Waals surface area contributed by atoms with Gasteiger partial charge in [0.25, 0.3) is 0 Å². The van der Waals surface area contributed by atoms with Crippen molar-refractivity contribution >= 4 is 24.1 Å². The van der Waals surface area contributed by atoms with Gasteiger partial charge in [0.05, 0.1) is 0 Å². The number of anilines is 1. The van der Waals surface area contributed by atoms with E-state index in [2.05, 4.69) is 5.32 Å². The predicted molar refractivity (Wildman–Crippen MR) is 81.9 cm³/mol. The van der Waals surface area contributed by atoms with E-state index in [-0.39, 0.29) is 12.5 Å². The van der Waals surface area contributed by atoms with Crippen molar-refractivity contribution in [3.05, 3.63) is 29.8 Å². The number of amides is 3. The fraction of sp³-hybridized carbons (Fsp3) is 0.400. The van der Waals surface area contributed by atoms with E-state index in [0.29, 0.717) is 12.1 Å². The highest BCUT2D eigenvalue weighted by Crippen LogP contribution is 2.13. The first-order valence-electron chi connectivity index (χ1n) is 6.84. The van der Waals surface area contributed by atoms with Crippen LogP contribution in [0.3, 0.4) is 0 Å². The van der Waals surface area contributed by atoms with Gasteiger partial charge in [-0.05, 0) is 23.6 Å². The number of carbonyl (C=O) groups excluding carboxylic acids is 3. The molecule has 0 saturated heterocycles. The molecule has 0 aliphatic heterocycles. The molecule has 0 heterocycles. The van der Waals surface area contributed by atoms with Gasteiger partial charge in [-0.15, -0.1) is 0 Å². The Labute approximate surface area is 129 Å². The number of likely N-dealkylation sites (N-methyl/N-ethyl adjacent to an activating group) is 1. The van der Waals surface area contributed by atoms with Crippen LogP contribution in [0, 0.1) is 5.92 Å². The molecular formula is C15H21N3O4. The zero-order valence-electron chi connectivity index (χ0n) is 12.9. The van der Waals surface area contributed by atoms with E-state index in [1.165, 1.54) is 11.9 Å². The summed E-state index contributed by atoms with van der Waals surface area (Å²) >= 11 is 0. The van der Waals surface area contributed by atoms with Gasteiger partial charge in [0.2, 0.25) is 12.3 Å². The fourth-order valence-electron chi connectivity index (χ4n) is 2.09. The van der Waals surface area contributed by atoms with E-state index < -0.39 is 18.0 Å². The third kappa shape index (κ3) is 4.76. The number of nitrogens with two attached hydrogens (primary N) is 1. The number of nitrogens with one attached hydrogen (secondary N) is 1. The van der Waals surface area contributed by atoms with E-state index in [0.717, 1.165) is 5.56 Å². The molecule has 7 heteroatoms. The normalized spacial score (nSPS) is 11.6. The third-order valence-corrected chi connectivity index (χ3v) is 3.17. The van der Waals surface area contributed by atoms with Crippen molar-refractivity contribution in [3.63, 3.8) is 0 Å². The van der Waals surface area contributed by atoms with E-state index in [4.69, 9.17) is 10.5 Å². The number of primary amides is 1. The van der Waals surface area contributed by atoms with E-state index in [1.54, 1.807) is 38.1 Å². The quantitative estimate of drug-likeness (QED) is 0.742. The monoisotopic (exact) mass is 307 g/mol. The number of benzene rings is 1. The Morgan fingerprint density at radius 2 is 1.91 bits per heavy atom. The van der Waals surface area contributed by atoms with E-state index >= 15 is 0 Å². The molecule has 1 atom stereocenters. The number of hydrogen-bond acceptors (Lipinski definition) is 4. The van der Waals surface area contributed by atoms with Gasteiger partial charge in [-0.2, -0.15) is 0 Å². The Balaban J connectivity index is 2.61. The van der Waals surface area contributed by atoms with Gasteiger partial charge in [-0.3, -0.25) is 14.5 Å². The number of hydrogen-bond donors (Lipinski definition) is 2. The molecule has 0 aromatic heterocycles. The van der Waals surface area contributed by atoms with Gasteiger partial charge in [0, 0.05) is 12.7 Å². The molecule has 1 aromatic carbocycles. The molecule has 0 bridgehead atoms. The second-order valence-electron chi connectivity index (χ2n) is 5.22. The number of ether oxygens (including phenoxy) is 1. The van der Waals surface area contributed by atoms with Crippen molar-refractivity contribution < 1.29 is 19.1 Å². The maximum Gasteiger partial charge on any atom is 0.410 e. The van der Waals surface area contributed by atoms with Crippen LogP contribution in [0.4, 0.5) is 10.5 Å². The molecule has 0 saturated carbocycles. The zero-order chi connectivity index (χ0) is 16.7. The molecule has 7 nitrogen and oxygen atoms in total. The molecule has 3 amide bonds. The Kier molecular flexibility index (Phi) is 6.37. The molecule has 0 aliphatic rings. The van der Waals surface area contributed by atoms with Crippen molar-refractivity contribution in [2.24, 2.45) is 11.7 Å². The molecule has 1 aromatic rings. The minimum absolute atomic E-state index is 0.0636. The molecular weight excluding hydrogens is 286 g/mol. The molecule has 0 radical (unpaired) electrons. The van der Waals surface area contributed by atoms with E-state index in [1.807, 2.05) is 0 Å². The summed E-state index contributed by atoms with van der Waals surface area (Å²) in [5.41, 5.74) is 6.72. The van der Waals surface area contributed by atoms with Crippen molar-refractivity contribution in [1.82, 2.24) is 4.90 Å². The first-order valence-corrected chi connectivity index (χ1v) is 6.84. The molecule has 22 heavy (non-hydrogen) atoms. The van der Waals surface area contributed by atoms with Crippen molar-refractivity contribution in [2.75, 3.05) is 12.4 Å². The van der Waals surface area contributed by atoms with Crippen molar-refractivity contribution in [1.29, 1.82) is 0 Å². The van der Waals surface area contributed by atoms with Crippen LogP contribution < -0.4 is 11.1 Å². The van der Waals surface area contributed by atoms with Crippen LogP contribution in [0.5, 0.6) is 0 Å². The third-order valence-electron chi connectivity index (χ3n) is 3.17. The van der Waals surface area contributed by atoms with Crippen molar-refractivity contribution in [2.45, 2.75) is 26.5 Å². The minimum Gasteiger partial charge on any atom is -0.445 e. The Morgan fingerprint density at radius 1 is 1.32 bits per heavy atom. The lowest BCUT2D eigenvalue weighted by molar-refractivity contribution is -0.123. The van der Waals surface area contributed by atoms with Gasteiger partial charge in [0.1, 0.15) is 12.6 Å². The highest BCUT2D eigenvalue weighted by atomic mass is 16.6. The average molecular weight is 307 g/mol. The Hall–Kier alpha value is -2.57. The predicted octanol–water partition coefficient (Wildman–Crippen LogP) is 1.33. The van der Waals surface area contributed by atoms with Gasteiger partial charge in [0.15, 0.2) is 0 Å². The summed E-state index contributed by atoms with van der Waals surface area (Å²) in [6, 6.07) is 6.13. The second-order valence-corrected chi connectivity index (χ2v) is 5.22. The maximum atomic E-state index is 12.0. The van der Waals surface area contributed by atoms with Crippen LogP contribution in [0.15, 0.2) is 24.3 Å². The molecule has 1 rings (SSSR count). The van der Waals surface area contributed by atoms with Crippen molar-refractivity contribution in [3.8, 4) is 0 Å². The fourth-order valence-corrected chi connectivity index (χ4v) is 2.09. The molecule has 0 spiro atoms.